The van der Waals surface area contributed by atoms with Crippen molar-refractivity contribution in [2.45, 2.75) is 78.1 Å². The lowest BCUT2D eigenvalue weighted by Gasteiger charge is -2.53. The lowest BCUT2D eigenvalue weighted by atomic mass is 9.50. The fourth-order valence-electron chi connectivity index (χ4n) is 7.20. The van der Waals surface area contributed by atoms with Gasteiger partial charge < -0.3 is 0 Å². The predicted octanol–water partition coefficient (Wildman–Crippen LogP) is 4.80. The van der Waals surface area contributed by atoms with Gasteiger partial charge in [0.2, 0.25) is 0 Å². The number of hydrogen-bond acceptors (Lipinski definition) is 2. The van der Waals surface area contributed by atoms with E-state index in [0.29, 0.717) is 29.3 Å². The van der Waals surface area contributed by atoms with Crippen LogP contribution in [-0.4, -0.2) is 11.6 Å². The van der Waals surface area contributed by atoms with Gasteiger partial charge in [0.1, 0.15) is 11.6 Å². The molecule has 0 aliphatic heterocycles. The summed E-state index contributed by atoms with van der Waals surface area (Å²) in [6.45, 7) is 4.51. The molecular formula is C21H32O2. The Morgan fingerprint density at radius 3 is 2.65 bits per heavy atom. The molecule has 0 spiro atoms. The molecule has 4 rings (SSSR count). The summed E-state index contributed by atoms with van der Waals surface area (Å²) in [4.78, 5) is 24.8. The zero-order valence-corrected chi connectivity index (χ0v) is 14.9. The van der Waals surface area contributed by atoms with Gasteiger partial charge in [0.15, 0.2) is 0 Å². The first-order valence-electron chi connectivity index (χ1n) is 10.1. The highest BCUT2D eigenvalue weighted by Crippen LogP contribution is 2.62. The van der Waals surface area contributed by atoms with E-state index in [1.54, 1.807) is 0 Å². The molecule has 2 heteroatoms. The van der Waals surface area contributed by atoms with Gasteiger partial charge >= 0.3 is 0 Å². The first kappa shape index (κ1) is 15.8. The smallest absolute Gasteiger partial charge is 0.142 e. The van der Waals surface area contributed by atoms with Crippen LogP contribution in [0.25, 0.3) is 0 Å². The highest BCUT2D eigenvalue weighted by Gasteiger charge is 2.59. The van der Waals surface area contributed by atoms with Crippen LogP contribution in [0.5, 0.6) is 0 Å². The van der Waals surface area contributed by atoms with Crippen molar-refractivity contribution in [3.05, 3.63) is 0 Å². The fourth-order valence-corrected chi connectivity index (χ4v) is 7.20. The highest BCUT2D eigenvalue weighted by atomic mass is 16.1. The van der Waals surface area contributed by atoms with Crippen molar-refractivity contribution in [3.8, 4) is 0 Å². The van der Waals surface area contributed by atoms with E-state index in [0.717, 1.165) is 56.3 Å². The molecule has 0 amide bonds. The summed E-state index contributed by atoms with van der Waals surface area (Å²) in [5, 5.41) is 0. The molecule has 2 nitrogen and oxygen atoms in total. The van der Waals surface area contributed by atoms with Crippen molar-refractivity contribution < 1.29 is 9.59 Å². The van der Waals surface area contributed by atoms with E-state index in [-0.39, 0.29) is 5.41 Å². The molecule has 7 atom stereocenters. The number of rotatable bonds is 2. The Kier molecular flexibility index (Phi) is 3.93. The fraction of sp³-hybridized carbons (Fsp3) is 0.905. The number of ketones is 2. The third kappa shape index (κ3) is 2.35. The minimum Gasteiger partial charge on any atom is -0.300 e. The highest BCUT2D eigenvalue weighted by molar-refractivity contribution is 5.89. The molecule has 0 aromatic heterocycles. The summed E-state index contributed by atoms with van der Waals surface area (Å²) in [5.41, 5.74) is -0.0155. The Morgan fingerprint density at radius 2 is 1.87 bits per heavy atom. The topological polar surface area (TPSA) is 34.1 Å². The van der Waals surface area contributed by atoms with E-state index in [9.17, 15) is 9.59 Å². The molecule has 4 fully saturated rings. The minimum atomic E-state index is -0.0155. The van der Waals surface area contributed by atoms with Crippen molar-refractivity contribution in [2.75, 3.05) is 0 Å². The van der Waals surface area contributed by atoms with Crippen LogP contribution in [0.4, 0.5) is 0 Å². The lowest BCUT2D eigenvalue weighted by molar-refractivity contribution is -0.136. The van der Waals surface area contributed by atoms with E-state index >= 15 is 0 Å². The van der Waals surface area contributed by atoms with Crippen LogP contribution in [0.3, 0.4) is 0 Å². The lowest BCUT2D eigenvalue weighted by Crippen LogP contribution is -2.48. The van der Waals surface area contributed by atoms with Gasteiger partial charge in [0.25, 0.3) is 0 Å². The maximum Gasteiger partial charge on any atom is 0.142 e. The van der Waals surface area contributed by atoms with E-state index in [1.807, 2.05) is 0 Å². The summed E-state index contributed by atoms with van der Waals surface area (Å²) in [6, 6.07) is 0. The zero-order chi connectivity index (χ0) is 16.2. The molecule has 4 aliphatic rings. The molecule has 0 bridgehead atoms. The third-order valence-electron chi connectivity index (χ3n) is 8.26. The first-order valence-corrected chi connectivity index (χ1v) is 10.1. The molecule has 0 aromatic rings. The van der Waals surface area contributed by atoms with Gasteiger partial charge in [-0.05, 0) is 74.5 Å². The van der Waals surface area contributed by atoms with Crippen LogP contribution < -0.4 is 0 Å². The van der Waals surface area contributed by atoms with Crippen LogP contribution in [0.15, 0.2) is 0 Å². The maximum absolute atomic E-state index is 13.0. The van der Waals surface area contributed by atoms with Gasteiger partial charge in [-0.3, -0.25) is 9.59 Å². The minimum absolute atomic E-state index is 0.0155. The number of Topliss-reactive ketones (excluding diaryl/α,β-unsaturated/α-hetero) is 2. The molecule has 0 saturated heterocycles. The molecule has 0 radical (unpaired) electrons. The Morgan fingerprint density at radius 1 is 1.04 bits per heavy atom. The van der Waals surface area contributed by atoms with Crippen molar-refractivity contribution >= 4 is 11.6 Å². The summed E-state index contributed by atoms with van der Waals surface area (Å²) in [6.07, 6.45) is 11.1. The van der Waals surface area contributed by atoms with Gasteiger partial charge in [-0.15, -0.1) is 0 Å². The quantitative estimate of drug-likeness (QED) is 0.733. The van der Waals surface area contributed by atoms with Crippen molar-refractivity contribution in [1.29, 1.82) is 0 Å². The average Bonchev–Trinajstić information content (AvgIpc) is 2.79. The van der Waals surface area contributed by atoms with Gasteiger partial charge in [-0.1, -0.05) is 20.3 Å². The van der Waals surface area contributed by atoms with Crippen molar-refractivity contribution in [1.82, 2.24) is 0 Å². The number of fused-ring (bicyclic) bond motifs is 5. The van der Waals surface area contributed by atoms with Crippen LogP contribution in [-0.2, 0) is 9.59 Å². The molecule has 4 aliphatic carbocycles. The van der Waals surface area contributed by atoms with E-state index in [4.69, 9.17) is 0 Å². The first-order chi connectivity index (χ1) is 11.0. The summed E-state index contributed by atoms with van der Waals surface area (Å²) in [7, 11) is 0. The maximum atomic E-state index is 13.0. The molecule has 0 N–H and O–H groups in total. The predicted molar refractivity (Wildman–Crippen MR) is 90.9 cm³/mol. The number of carbonyl (C=O) groups excluding carboxylic acids is 2. The monoisotopic (exact) mass is 316 g/mol. The number of carbonyl (C=O) groups is 2. The van der Waals surface area contributed by atoms with E-state index in [1.165, 1.54) is 25.7 Å². The van der Waals surface area contributed by atoms with Crippen molar-refractivity contribution in [2.24, 2.45) is 40.9 Å². The van der Waals surface area contributed by atoms with Gasteiger partial charge in [0.05, 0.1) is 0 Å². The van der Waals surface area contributed by atoms with Gasteiger partial charge in [0, 0.05) is 24.2 Å². The average molecular weight is 316 g/mol. The Labute approximate surface area is 140 Å². The molecular weight excluding hydrogens is 284 g/mol. The Hall–Kier alpha value is -0.660. The summed E-state index contributed by atoms with van der Waals surface area (Å²) in [5.74, 6) is 5.14. The third-order valence-corrected chi connectivity index (χ3v) is 8.26. The van der Waals surface area contributed by atoms with Crippen LogP contribution >= 0.6 is 0 Å². The molecule has 1 unspecified atom stereocenters. The SMILES string of the molecule is CCCC1C[C@H]2[C@@H]3CC[C@H]4CC(=O)CC[C@@H]4[C@H]3CC[C@]2(C)C1=O. The summed E-state index contributed by atoms with van der Waals surface area (Å²) >= 11 is 0. The van der Waals surface area contributed by atoms with E-state index in [2.05, 4.69) is 13.8 Å². The Bertz CT molecular complexity index is 510. The largest absolute Gasteiger partial charge is 0.300 e. The normalized spacial score (nSPS) is 49.5. The second kappa shape index (κ2) is 5.70. The van der Waals surface area contributed by atoms with Gasteiger partial charge in [-0.2, -0.15) is 0 Å². The molecule has 0 heterocycles. The van der Waals surface area contributed by atoms with Crippen LogP contribution in [0.1, 0.15) is 78.1 Å². The standard InChI is InChI=1S/C21H32O2/c1-3-4-14-12-19-18-7-5-13-11-15(22)6-8-16(13)17(18)9-10-21(19,2)20(14)23/h13-14,16-19H,3-12H2,1-2H3/t13-,14?,16-,17+,18+,19-,21-/m0/s1. The van der Waals surface area contributed by atoms with E-state index < -0.39 is 0 Å². The Balaban J connectivity index is 1.57. The van der Waals surface area contributed by atoms with Gasteiger partial charge in [-0.25, -0.2) is 0 Å². The van der Waals surface area contributed by atoms with Crippen LogP contribution in [0, 0.1) is 40.9 Å². The second-order valence-electron chi connectivity index (χ2n) is 9.26. The second-order valence-corrected chi connectivity index (χ2v) is 9.26. The molecule has 0 aromatic carbocycles. The zero-order valence-electron chi connectivity index (χ0n) is 14.9. The summed E-state index contributed by atoms with van der Waals surface area (Å²) < 4.78 is 0. The molecule has 4 saturated carbocycles. The molecule has 23 heavy (non-hydrogen) atoms. The number of hydrogen-bond donors (Lipinski definition) is 0. The van der Waals surface area contributed by atoms with Crippen molar-refractivity contribution in [3.63, 3.8) is 0 Å². The molecule has 128 valence electrons. The van der Waals surface area contributed by atoms with Crippen LogP contribution in [0.2, 0.25) is 0 Å².